The van der Waals surface area contributed by atoms with E-state index in [2.05, 4.69) is 72.6 Å². The predicted molar refractivity (Wildman–Crippen MR) is 112 cm³/mol. The lowest BCUT2D eigenvalue weighted by molar-refractivity contribution is 0.787. The molecule has 6 nitrogen and oxygen atoms in total. The highest BCUT2D eigenvalue weighted by Crippen LogP contribution is 2.20. The van der Waals surface area contributed by atoms with Gasteiger partial charge >= 0.3 is 0 Å². The van der Waals surface area contributed by atoms with Gasteiger partial charge in [0.1, 0.15) is 7.40 Å². The molecular formula is C17H10I2N6. The van der Waals surface area contributed by atoms with Crippen molar-refractivity contribution in [2.24, 2.45) is 7.05 Å². The Morgan fingerprint density at radius 3 is 2.32 bits per heavy atom. The summed E-state index contributed by atoms with van der Waals surface area (Å²) >= 11 is 4.33. The number of nitrogens with zero attached hydrogens (tertiary/aromatic N) is 5. The van der Waals surface area contributed by atoms with Gasteiger partial charge in [0, 0.05) is 17.8 Å². The minimum atomic E-state index is 0.668. The molecule has 0 saturated carbocycles. The van der Waals surface area contributed by atoms with E-state index < -0.39 is 0 Å². The van der Waals surface area contributed by atoms with Gasteiger partial charge in [0.25, 0.3) is 0 Å². The summed E-state index contributed by atoms with van der Waals surface area (Å²) in [4.78, 5) is 0. The third kappa shape index (κ3) is 3.60. The molecule has 0 saturated heterocycles. The molecule has 0 atom stereocenters. The molecule has 4 aromatic rings. The molecule has 1 N–H and O–H groups in total. The maximum atomic E-state index is 8.72. The standard InChI is InChI=1S/C9H6IN3.C8H4IN3/c1-13-8-3-2-6(5-11)4-7(8)9(10)12-13;9-8-6-3-5(4-10)1-2-7(6)11-12-8/h2-4H,1H3;1-3H,(H,11,12). The van der Waals surface area contributed by atoms with Gasteiger partial charge in [-0.05, 0) is 81.6 Å². The quantitative estimate of drug-likeness (QED) is 0.333. The van der Waals surface area contributed by atoms with Gasteiger partial charge in [0.2, 0.25) is 0 Å². The SMILES string of the molecule is Cn1nc(I)c2cc(C#N)ccc21.N#Cc1ccc2n[nH]c(I)c2c1. The summed E-state index contributed by atoms with van der Waals surface area (Å²) in [6.07, 6.45) is 0. The molecule has 2 aromatic carbocycles. The highest BCUT2D eigenvalue weighted by Gasteiger charge is 2.05. The summed E-state index contributed by atoms with van der Waals surface area (Å²) < 4.78 is 3.73. The zero-order chi connectivity index (χ0) is 18.0. The fraction of sp³-hybridized carbons (Fsp3) is 0.0588. The lowest BCUT2D eigenvalue weighted by Crippen LogP contribution is -1.88. The van der Waals surface area contributed by atoms with Crippen LogP contribution in [0.4, 0.5) is 0 Å². The molecule has 0 spiro atoms. The van der Waals surface area contributed by atoms with Crippen molar-refractivity contribution >= 4 is 67.0 Å². The Bertz CT molecular complexity index is 1160. The van der Waals surface area contributed by atoms with Crippen molar-refractivity contribution in [3.63, 3.8) is 0 Å². The Hall–Kier alpha value is -2.18. The van der Waals surface area contributed by atoms with E-state index in [-0.39, 0.29) is 0 Å². The molecule has 0 unspecified atom stereocenters. The minimum absolute atomic E-state index is 0.668. The summed E-state index contributed by atoms with van der Waals surface area (Å²) in [5, 5.41) is 30.6. The molecule has 0 amide bonds. The Kier molecular flexibility index (Phi) is 5.20. The molecule has 0 radical (unpaired) electrons. The molecular weight excluding hydrogens is 542 g/mol. The van der Waals surface area contributed by atoms with Crippen molar-refractivity contribution in [2.75, 3.05) is 0 Å². The van der Waals surface area contributed by atoms with E-state index in [0.29, 0.717) is 11.1 Å². The first-order valence-electron chi connectivity index (χ1n) is 7.09. The fourth-order valence-electron chi connectivity index (χ4n) is 2.34. The molecule has 0 bridgehead atoms. The van der Waals surface area contributed by atoms with E-state index in [0.717, 1.165) is 29.2 Å². The first-order chi connectivity index (χ1) is 12.0. The summed E-state index contributed by atoms with van der Waals surface area (Å²) in [6, 6.07) is 15.2. The van der Waals surface area contributed by atoms with Gasteiger partial charge in [-0.3, -0.25) is 9.78 Å². The second-order valence-electron chi connectivity index (χ2n) is 5.14. The molecule has 122 valence electrons. The lowest BCUT2D eigenvalue weighted by atomic mass is 10.2. The molecule has 0 fully saturated rings. The number of rotatable bonds is 0. The number of aromatic nitrogens is 4. The van der Waals surface area contributed by atoms with Crippen molar-refractivity contribution in [2.45, 2.75) is 0 Å². The normalized spacial score (nSPS) is 10.1. The van der Waals surface area contributed by atoms with Crippen LogP contribution in [0.3, 0.4) is 0 Å². The molecule has 8 heteroatoms. The highest BCUT2D eigenvalue weighted by molar-refractivity contribution is 14.1. The van der Waals surface area contributed by atoms with Gasteiger partial charge in [0.15, 0.2) is 0 Å². The van der Waals surface area contributed by atoms with Crippen molar-refractivity contribution < 1.29 is 0 Å². The molecule has 0 aliphatic carbocycles. The number of aryl methyl sites for hydroxylation is 1. The van der Waals surface area contributed by atoms with Crippen LogP contribution in [-0.2, 0) is 7.05 Å². The molecule has 2 heterocycles. The summed E-state index contributed by atoms with van der Waals surface area (Å²) in [6.45, 7) is 0. The third-order valence-corrected chi connectivity index (χ3v) is 5.19. The largest absolute Gasteiger partial charge is 0.271 e. The lowest BCUT2D eigenvalue weighted by Gasteiger charge is -1.92. The van der Waals surface area contributed by atoms with Crippen LogP contribution >= 0.6 is 45.2 Å². The Labute approximate surface area is 170 Å². The van der Waals surface area contributed by atoms with Gasteiger partial charge < -0.3 is 0 Å². The minimum Gasteiger partial charge on any atom is -0.271 e. The van der Waals surface area contributed by atoms with E-state index in [1.165, 1.54) is 0 Å². The number of fused-ring (bicyclic) bond motifs is 2. The van der Waals surface area contributed by atoms with Crippen molar-refractivity contribution in [3.8, 4) is 12.1 Å². The molecule has 25 heavy (non-hydrogen) atoms. The maximum absolute atomic E-state index is 8.72. The summed E-state index contributed by atoms with van der Waals surface area (Å²) in [5.41, 5.74) is 3.31. The van der Waals surface area contributed by atoms with E-state index in [1.54, 1.807) is 12.1 Å². The smallest absolute Gasteiger partial charge is 0.131 e. The Morgan fingerprint density at radius 2 is 1.64 bits per heavy atom. The first kappa shape index (κ1) is 17.6. The van der Waals surface area contributed by atoms with Crippen molar-refractivity contribution in [3.05, 3.63) is 54.9 Å². The number of hydrogen-bond donors (Lipinski definition) is 1. The van der Waals surface area contributed by atoms with E-state index in [1.807, 2.05) is 36.0 Å². The van der Waals surface area contributed by atoms with Gasteiger partial charge in [-0.1, -0.05) is 0 Å². The predicted octanol–water partition coefficient (Wildman–Crippen LogP) is 4.09. The zero-order valence-electron chi connectivity index (χ0n) is 13.0. The van der Waals surface area contributed by atoms with Crippen LogP contribution in [0.1, 0.15) is 11.1 Å². The van der Waals surface area contributed by atoms with Crippen LogP contribution < -0.4 is 0 Å². The van der Waals surface area contributed by atoms with Gasteiger partial charge in [-0.15, -0.1) is 0 Å². The van der Waals surface area contributed by atoms with E-state index in [4.69, 9.17) is 10.5 Å². The topological polar surface area (TPSA) is 94.1 Å². The summed E-state index contributed by atoms with van der Waals surface area (Å²) in [7, 11) is 1.90. The highest BCUT2D eigenvalue weighted by atomic mass is 127. The average Bonchev–Trinajstić information content (AvgIpc) is 3.15. The number of aromatic amines is 1. The van der Waals surface area contributed by atoms with Gasteiger partial charge in [-0.2, -0.15) is 20.7 Å². The molecule has 0 aliphatic heterocycles. The number of nitrogens with one attached hydrogen (secondary N) is 1. The van der Waals surface area contributed by atoms with Gasteiger partial charge in [-0.25, -0.2) is 0 Å². The van der Waals surface area contributed by atoms with E-state index in [9.17, 15) is 0 Å². The number of halogens is 2. The third-order valence-electron chi connectivity index (χ3n) is 3.57. The Morgan fingerprint density at radius 1 is 1.00 bits per heavy atom. The summed E-state index contributed by atoms with van der Waals surface area (Å²) in [5.74, 6) is 0. The van der Waals surface area contributed by atoms with Crippen LogP contribution in [0.5, 0.6) is 0 Å². The first-order valence-corrected chi connectivity index (χ1v) is 9.25. The number of benzene rings is 2. The monoisotopic (exact) mass is 552 g/mol. The van der Waals surface area contributed by atoms with Crippen LogP contribution in [0.2, 0.25) is 0 Å². The number of nitriles is 2. The van der Waals surface area contributed by atoms with E-state index >= 15 is 0 Å². The van der Waals surface area contributed by atoms with Crippen LogP contribution in [0, 0.1) is 30.1 Å². The molecule has 0 aliphatic rings. The van der Waals surface area contributed by atoms with Crippen molar-refractivity contribution in [1.82, 2.24) is 20.0 Å². The maximum Gasteiger partial charge on any atom is 0.131 e. The second-order valence-corrected chi connectivity index (χ2v) is 7.24. The number of hydrogen-bond acceptors (Lipinski definition) is 4. The fourth-order valence-corrected chi connectivity index (χ4v) is 3.65. The van der Waals surface area contributed by atoms with Crippen LogP contribution in [0.15, 0.2) is 36.4 Å². The Balaban J connectivity index is 0.000000146. The van der Waals surface area contributed by atoms with Crippen LogP contribution in [0.25, 0.3) is 21.8 Å². The molecule has 2 aromatic heterocycles. The zero-order valence-corrected chi connectivity index (χ0v) is 17.3. The number of H-pyrrole nitrogens is 1. The van der Waals surface area contributed by atoms with Gasteiger partial charge in [0.05, 0.1) is 34.3 Å². The molecule has 4 rings (SSSR count). The van der Waals surface area contributed by atoms with Crippen LogP contribution in [-0.4, -0.2) is 20.0 Å². The van der Waals surface area contributed by atoms with Crippen molar-refractivity contribution in [1.29, 1.82) is 10.5 Å². The second kappa shape index (κ2) is 7.37. The average molecular weight is 552 g/mol.